The number of fused-ring (bicyclic) bond motifs is 5. The van der Waals surface area contributed by atoms with Crippen LogP contribution in [0.3, 0.4) is 0 Å². The minimum Gasteiger partial charge on any atom is -0.458 e. The van der Waals surface area contributed by atoms with E-state index >= 15 is 0 Å². The molecule has 1 N–H and O–H groups in total. The van der Waals surface area contributed by atoms with Gasteiger partial charge in [-0.3, -0.25) is 4.79 Å². The van der Waals surface area contributed by atoms with Gasteiger partial charge in [-0.15, -0.1) is 0 Å². The third-order valence-electron chi connectivity index (χ3n) is 8.48. The molecule has 190 valence electrons. The number of aromatic nitrogens is 2. The van der Waals surface area contributed by atoms with Crippen LogP contribution in [0.1, 0.15) is 86.6 Å². The van der Waals surface area contributed by atoms with Crippen molar-refractivity contribution in [3.8, 4) is 23.2 Å². The van der Waals surface area contributed by atoms with Gasteiger partial charge in [0.1, 0.15) is 6.61 Å². The number of pyridine rings is 2. The van der Waals surface area contributed by atoms with Crippen LogP contribution in [0.4, 0.5) is 0 Å². The van der Waals surface area contributed by atoms with Gasteiger partial charge in [0.15, 0.2) is 5.60 Å². The molecule has 0 unspecified atom stereocenters. The van der Waals surface area contributed by atoms with Crippen LogP contribution in [-0.2, 0) is 34.7 Å². The Morgan fingerprint density at radius 1 is 1.16 bits per heavy atom. The third kappa shape index (κ3) is 3.79. The zero-order valence-electron chi connectivity index (χ0n) is 21.5. The van der Waals surface area contributed by atoms with Crippen LogP contribution >= 0.6 is 0 Å². The Balaban J connectivity index is 1.47. The Kier molecular flexibility index (Phi) is 5.92. The summed E-state index contributed by atoms with van der Waals surface area (Å²) >= 11 is 0. The first-order chi connectivity index (χ1) is 17.9. The fourth-order valence-corrected chi connectivity index (χ4v) is 6.20. The van der Waals surface area contributed by atoms with E-state index in [4.69, 9.17) is 9.72 Å². The maximum absolute atomic E-state index is 13.5. The Morgan fingerprint density at radius 2 is 1.97 bits per heavy atom. The third-order valence-corrected chi connectivity index (χ3v) is 8.48. The maximum Gasteiger partial charge on any atom is 0.343 e. The Hall–Kier alpha value is -3.43. The second-order valence-electron chi connectivity index (χ2n) is 10.6. The molecule has 0 bridgehead atoms. The highest BCUT2D eigenvalue weighted by molar-refractivity contribution is 5.91. The number of rotatable bonds is 3. The second kappa shape index (κ2) is 9.15. The molecule has 0 saturated heterocycles. The number of esters is 1. The zero-order chi connectivity index (χ0) is 25.7. The van der Waals surface area contributed by atoms with Gasteiger partial charge in [-0.1, -0.05) is 51.0 Å². The van der Waals surface area contributed by atoms with E-state index in [2.05, 4.69) is 37.0 Å². The predicted octanol–water partition coefficient (Wildman–Crippen LogP) is 4.96. The summed E-state index contributed by atoms with van der Waals surface area (Å²) < 4.78 is 6.87. The second-order valence-corrected chi connectivity index (χ2v) is 10.6. The van der Waals surface area contributed by atoms with Gasteiger partial charge in [0.2, 0.25) is 0 Å². The molecule has 1 saturated carbocycles. The molecule has 1 fully saturated rings. The molecule has 3 aromatic rings. The molecule has 0 amide bonds. The number of hydrogen-bond acceptors (Lipinski definition) is 5. The summed E-state index contributed by atoms with van der Waals surface area (Å²) in [6, 6.07) is 8.10. The van der Waals surface area contributed by atoms with Gasteiger partial charge in [-0.25, -0.2) is 9.78 Å². The molecule has 37 heavy (non-hydrogen) atoms. The lowest BCUT2D eigenvalue weighted by Crippen LogP contribution is -2.44. The first-order valence-corrected chi connectivity index (χ1v) is 13.6. The molecule has 1 aliphatic carbocycles. The molecular weight excluding hydrogens is 464 g/mol. The Labute approximate surface area is 216 Å². The van der Waals surface area contributed by atoms with Gasteiger partial charge < -0.3 is 14.4 Å². The molecule has 1 atom stereocenters. The lowest BCUT2D eigenvalue weighted by atomic mass is 9.86. The van der Waals surface area contributed by atoms with Crippen LogP contribution in [0.5, 0.6) is 0 Å². The normalized spacial score (nSPS) is 20.6. The summed E-state index contributed by atoms with van der Waals surface area (Å²) in [6.07, 6.45) is 8.42. The largest absolute Gasteiger partial charge is 0.458 e. The fourth-order valence-electron chi connectivity index (χ4n) is 6.20. The van der Waals surface area contributed by atoms with Crippen molar-refractivity contribution in [3.63, 3.8) is 0 Å². The number of carbonyl (C=O) groups excluding carboxylic acids is 1. The molecule has 6 heteroatoms. The standard InChI is InChI=1S/C31H32N2O4/c1-3-20-13-14-21(12-8-11-19-9-6-5-7-10-19)23-15-22-17-33-26(28(22)32-27(20)23)16-25-24(29(33)34)18-37-30(35)31(25,36)4-2/h13-16,19,36H,3-7,9-11,17-18H2,1-2H3/t31-/m0/s1. The summed E-state index contributed by atoms with van der Waals surface area (Å²) in [5.41, 5.74) is 3.93. The molecule has 2 aliphatic heterocycles. The number of carbonyl (C=O) groups is 1. The molecule has 0 spiro atoms. The smallest absolute Gasteiger partial charge is 0.343 e. The van der Waals surface area contributed by atoms with Crippen molar-refractivity contribution in [1.29, 1.82) is 0 Å². The van der Waals surface area contributed by atoms with Crippen molar-refractivity contribution in [2.24, 2.45) is 5.92 Å². The van der Waals surface area contributed by atoms with Crippen molar-refractivity contribution in [1.82, 2.24) is 9.55 Å². The van der Waals surface area contributed by atoms with Gasteiger partial charge in [0.25, 0.3) is 5.56 Å². The van der Waals surface area contributed by atoms with E-state index in [9.17, 15) is 14.7 Å². The Morgan fingerprint density at radius 3 is 2.73 bits per heavy atom. The highest BCUT2D eigenvalue weighted by atomic mass is 16.6. The molecule has 3 aliphatic rings. The minimum atomic E-state index is -1.82. The minimum absolute atomic E-state index is 0.123. The molecule has 4 heterocycles. The molecular formula is C31H32N2O4. The van der Waals surface area contributed by atoms with E-state index in [-0.39, 0.29) is 18.6 Å². The summed E-state index contributed by atoms with van der Waals surface area (Å²) in [4.78, 5) is 31.0. The number of aryl methyl sites for hydroxylation is 1. The molecule has 6 nitrogen and oxygen atoms in total. The van der Waals surface area contributed by atoms with Crippen molar-refractivity contribution in [2.45, 2.75) is 84.0 Å². The summed E-state index contributed by atoms with van der Waals surface area (Å²) in [7, 11) is 0. The number of cyclic esters (lactones) is 1. The molecule has 2 aromatic heterocycles. The van der Waals surface area contributed by atoms with E-state index in [0.29, 0.717) is 29.3 Å². The average Bonchev–Trinajstić information content (AvgIpc) is 3.28. The van der Waals surface area contributed by atoms with Gasteiger partial charge in [-0.2, -0.15) is 0 Å². The number of nitrogens with zero attached hydrogens (tertiary/aromatic N) is 2. The summed E-state index contributed by atoms with van der Waals surface area (Å²) in [5.74, 6) is 6.87. The van der Waals surface area contributed by atoms with Crippen LogP contribution in [0.2, 0.25) is 0 Å². The fraction of sp³-hybridized carbons (Fsp3) is 0.452. The lowest BCUT2D eigenvalue weighted by molar-refractivity contribution is -0.172. The van der Waals surface area contributed by atoms with Crippen molar-refractivity contribution in [3.05, 3.63) is 62.4 Å². The highest BCUT2D eigenvalue weighted by Crippen LogP contribution is 2.39. The average molecular weight is 497 g/mol. The van der Waals surface area contributed by atoms with Crippen molar-refractivity contribution in [2.75, 3.05) is 0 Å². The number of ether oxygens (including phenoxy) is 1. The van der Waals surface area contributed by atoms with Gasteiger partial charge >= 0.3 is 5.97 Å². The van der Waals surface area contributed by atoms with Gasteiger partial charge in [0.05, 0.1) is 29.0 Å². The first-order valence-electron chi connectivity index (χ1n) is 13.6. The van der Waals surface area contributed by atoms with E-state index in [1.54, 1.807) is 17.6 Å². The number of aliphatic hydroxyl groups is 1. The number of hydrogen-bond donors (Lipinski definition) is 1. The van der Waals surface area contributed by atoms with Crippen LogP contribution in [0.25, 0.3) is 22.3 Å². The topological polar surface area (TPSA) is 81.4 Å². The van der Waals surface area contributed by atoms with Crippen LogP contribution in [0.15, 0.2) is 29.1 Å². The van der Waals surface area contributed by atoms with Gasteiger partial charge in [-0.05, 0) is 55.4 Å². The van der Waals surface area contributed by atoms with Crippen molar-refractivity contribution < 1.29 is 14.6 Å². The van der Waals surface area contributed by atoms with E-state index in [1.807, 2.05) is 0 Å². The highest BCUT2D eigenvalue weighted by Gasteiger charge is 2.45. The van der Waals surface area contributed by atoms with Crippen LogP contribution in [0, 0.1) is 17.8 Å². The van der Waals surface area contributed by atoms with Crippen LogP contribution in [-0.4, -0.2) is 20.6 Å². The summed E-state index contributed by atoms with van der Waals surface area (Å²) in [5, 5.41) is 12.1. The molecule has 1 aromatic carbocycles. The predicted molar refractivity (Wildman–Crippen MR) is 142 cm³/mol. The van der Waals surface area contributed by atoms with Gasteiger partial charge in [0, 0.05) is 28.5 Å². The van der Waals surface area contributed by atoms with Crippen LogP contribution < -0.4 is 5.56 Å². The maximum atomic E-state index is 13.5. The number of benzene rings is 1. The molecule has 0 radical (unpaired) electrons. The zero-order valence-corrected chi connectivity index (χ0v) is 21.5. The molecule has 6 rings (SSSR count). The summed E-state index contributed by atoms with van der Waals surface area (Å²) in [6.45, 7) is 4.09. The SMILES string of the molecule is CCc1ccc(C#CCC2CCCCC2)c2cc3c(nc12)-c1cc2c(c(=O)n1C3)COC(=O)[C@]2(O)CC. The monoisotopic (exact) mass is 496 g/mol. The first kappa shape index (κ1) is 23.9. The van der Waals surface area contributed by atoms with E-state index in [0.717, 1.165) is 46.1 Å². The lowest BCUT2D eigenvalue weighted by Gasteiger charge is -2.31. The van der Waals surface area contributed by atoms with E-state index in [1.165, 1.54) is 32.1 Å². The quantitative estimate of drug-likeness (QED) is 0.320. The van der Waals surface area contributed by atoms with Crippen molar-refractivity contribution >= 4 is 16.9 Å². The Bertz CT molecular complexity index is 1550. The van der Waals surface area contributed by atoms with E-state index < -0.39 is 11.6 Å².